The molecule has 0 bridgehead atoms. The summed E-state index contributed by atoms with van der Waals surface area (Å²) in [7, 11) is 1.13. The highest BCUT2D eigenvalue weighted by atomic mass is 79.9. The van der Waals surface area contributed by atoms with E-state index in [0.717, 1.165) is 12.1 Å². The van der Waals surface area contributed by atoms with Crippen LogP contribution < -0.4 is 10.7 Å². The molecule has 0 aliphatic carbocycles. The molecule has 0 saturated heterocycles. The highest BCUT2D eigenvalue weighted by Crippen LogP contribution is 2.32. The summed E-state index contributed by atoms with van der Waals surface area (Å²) < 4.78 is 7.03. The lowest BCUT2D eigenvalue weighted by molar-refractivity contribution is 0.0586. The van der Waals surface area contributed by atoms with Crippen LogP contribution in [0.15, 0.2) is 50.1 Å². The number of hydrogen-bond acceptors (Lipinski definition) is 7. The number of methoxy groups -OCH3 is 1. The molecule has 2 heterocycles. The molecule has 0 saturated carbocycles. The lowest BCUT2D eigenvalue weighted by Gasteiger charge is -2.23. The number of nitrogens with zero attached hydrogens (tertiary/aromatic N) is 4. The predicted molar refractivity (Wildman–Crippen MR) is 138 cm³/mol. The maximum absolute atomic E-state index is 13.3. The van der Waals surface area contributed by atoms with E-state index in [2.05, 4.69) is 73.4 Å². The number of anilines is 1. The van der Waals surface area contributed by atoms with Gasteiger partial charge in [0.1, 0.15) is 10.3 Å². The summed E-state index contributed by atoms with van der Waals surface area (Å²) in [6.45, 7) is -0.673. The van der Waals surface area contributed by atoms with E-state index in [-0.39, 0.29) is 34.3 Å². The van der Waals surface area contributed by atoms with Crippen molar-refractivity contribution in [1.82, 2.24) is 25.2 Å². The molecule has 0 radical (unpaired) electrons. The first-order valence-corrected chi connectivity index (χ1v) is 12.4. The fourth-order valence-electron chi connectivity index (χ4n) is 2.86. The van der Waals surface area contributed by atoms with Gasteiger partial charge in [-0.05, 0) is 56.1 Å². The fraction of sp³-hybridized carbons (Fsp3) is 0.150. The van der Waals surface area contributed by atoms with Gasteiger partial charge in [0.05, 0.1) is 36.5 Å². The molecule has 3 rings (SSSR count). The van der Waals surface area contributed by atoms with Gasteiger partial charge < -0.3 is 15.2 Å². The smallest absolute Gasteiger partial charge is 0.425 e. The van der Waals surface area contributed by atoms with Gasteiger partial charge in [0.25, 0.3) is 11.8 Å². The van der Waals surface area contributed by atoms with Crippen molar-refractivity contribution in [3.63, 3.8) is 0 Å². The number of aliphatic hydroxyl groups is 1. The zero-order chi connectivity index (χ0) is 25.7. The first-order chi connectivity index (χ1) is 16.7. The molecule has 3 N–H and O–H groups in total. The van der Waals surface area contributed by atoms with E-state index in [4.69, 9.17) is 11.6 Å². The number of aliphatic hydroxyl groups excluding tert-OH is 1. The number of hydrazine groups is 1. The van der Waals surface area contributed by atoms with Crippen molar-refractivity contribution in [2.24, 2.45) is 0 Å². The number of carbonyl (C=O) groups is 3. The van der Waals surface area contributed by atoms with E-state index in [1.165, 1.54) is 23.0 Å². The van der Waals surface area contributed by atoms with Crippen LogP contribution in [0.4, 0.5) is 10.5 Å². The average molecular weight is 696 g/mol. The Bertz CT molecular complexity index is 1290. The van der Waals surface area contributed by atoms with E-state index < -0.39 is 24.5 Å². The number of halogens is 4. The highest BCUT2D eigenvalue weighted by molar-refractivity contribution is 9.11. The summed E-state index contributed by atoms with van der Waals surface area (Å²) in [4.78, 5) is 42.4. The Morgan fingerprint density at radius 1 is 1.23 bits per heavy atom. The maximum atomic E-state index is 13.3. The molecule has 0 aliphatic rings. The Morgan fingerprint density at radius 3 is 2.63 bits per heavy atom. The van der Waals surface area contributed by atoms with Crippen molar-refractivity contribution in [1.29, 1.82) is 0 Å². The Balaban J connectivity index is 2.02. The van der Waals surface area contributed by atoms with E-state index >= 15 is 0 Å². The number of pyridine rings is 1. The number of aromatic nitrogens is 3. The number of hydrogen-bond donors (Lipinski definition) is 3. The summed E-state index contributed by atoms with van der Waals surface area (Å²) in [5.74, 6) is -1.12. The van der Waals surface area contributed by atoms with Gasteiger partial charge >= 0.3 is 6.09 Å². The molecule has 0 atom stereocenters. The third-order valence-corrected chi connectivity index (χ3v) is 6.12. The van der Waals surface area contributed by atoms with Gasteiger partial charge in [-0.3, -0.25) is 9.59 Å². The molecule has 15 heteroatoms. The zero-order valence-corrected chi connectivity index (χ0v) is 23.3. The van der Waals surface area contributed by atoms with Crippen LogP contribution in [0.5, 0.6) is 0 Å². The SMILES string of the molecule is COC(=O)NN(CCO)C(=O)c1cc(Br)cc(Br)c1NC(=O)c1cc(Br)nn1-c1ncccc1Cl. The van der Waals surface area contributed by atoms with Crippen LogP contribution in [0, 0.1) is 0 Å². The Kier molecular flexibility index (Phi) is 9.24. The van der Waals surface area contributed by atoms with Crippen molar-refractivity contribution in [2.45, 2.75) is 0 Å². The molecule has 0 unspecified atom stereocenters. The molecule has 184 valence electrons. The maximum Gasteiger partial charge on any atom is 0.425 e. The molecule has 1 aromatic carbocycles. The third-order valence-electron chi connectivity index (χ3n) is 4.36. The monoisotopic (exact) mass is 692 g/mol. The second-order valence-corrected chi connectivity index (χ2v) is 9.61. The summed E-state index contributed by atoms with van der Waals surface area (Å²) in [6, 6.07) is 7.79. The lowest BCUT2D eigenvalue weighted by atomic mass is 10.1. The highest BCUT2D eigenvalue weighted by Gasteiger charge is 2.26. The number of ether oxygens (including phenoxy) is 1. The van der Waals surface area contributed by atoms with Gasteiger partial charge in [-0.1, -0.05) is 27.5 Å². The van der Waals surface area contributed by atoms with Gasteiger partial charge in [0.15, 0.2) is 5.82 Å². The molecular weight excluding hydrogens is 679 g/mol. The number of nitrogens with one attached hydrogen (secondary N) is 2. The standard InChI is InChI=1S/C20H16Br3ClN6O5/c1-35-20(34)28-29(5-6-31)19(33)11-7-10(21)8-12(22)16(11)26-18(32)14-9-15(23)27-30(14)17-13(24)3-2-4-25-17/h2-4,7-9,31H,5-6H2,1H3,(H,26,32)(H,28,34). The van der Waals surface area contributed by atoms with Gasteiger partial charge in [-0.15, -0.1) is 0 Å². The summed E-state index contributed by atoms with van der Waals surface area (Å²) in [5, 5.41) is 17.4. The minimum absolute atomic E-state index is 0.00505. The van der Waals surface area contributed by atoms with Crippen LogP contribution >= 0.6 is 59.4 Å². The van der Waals surface area contributed by atoms with Gasteiger partial charge in [-0.25, -0.2) is 24.9 Å². The molecule has 0 fully saturated rings. The molecule has 3 amide bonds. The Morgan fingerprint density at radius 2 is 1.97 bits per heavy atom. The second kappa shape index (κ2) is 11.9. The summed E-state index contributed by atoms with van der Waals surface area (Å²) in [6.07, 6.45) is 0.595. The zero-order valence-electron chi connectivity index (χ0n) is 17.8. The largest absolute Gasteiger partial charge is 0.452 e. The van der Waals surface area contributed by atoms with Crippen LogP contribution in [0.2, 0.25) is 5.02 Å². The molecule has 3 aromatic rings. The van der Waals surface area contributed by atoms with Crippen molar-refractivity contribution in [2.75, 3.05) is 25.6 Å². The number of carbonyl (C=O) groups excluding carboxylic acids is 3. The van der Waals surface area contributed by atoms with Crippen LogP contribution in [-0.4, -0.2) is 63.0 Å². The molecule has 35 heavy (non-hydrogen) atoms. The van der Waals surface area contributed by atoms with E-state index in [0.29, 0.717) is 13.5 Å². The van der Waals surface area contributed by atoms with Crippen LogP contribution in [0.3, 0.4) is 0 Å². The number of benzene rings is 1. The van der Waals surface area contributed by atoms with Crippen molar-refractivity contribution in [3.8, 4) is 5.82 Å². The average Bonchev–Trinajstić information content (AvgIpc) is 3.21. The van der Waals surface area contributed by atoms with Gasteiger partial charge in [-0.2, -0.15) is 5.10 Å². The molecular formula is C20H16Br3ClN6O5. The molecule has 2 aromatic heterocycles. The van der Waals surface area contributed by atoms with Crippen molar-refractivity contribution in [3.05, 3.63) is 66.4 Å². The van der Waals surface area contributed by atoms with E-state index in [1.54, 1.807) is 18.2 Å². The normalized spacial score (nSPS) is 10.6. The number of amides is 3. The van der Waals surface area contributed by atoms with E-state index in [9.17, 15) is 19.5 Å². The molecule has 11 nitrogen and oxygen atoms in total. The topological polar surface area (TPSA) is 139 Å². The molecule has 0 spiro atoms. The minimum atomic E-state index is -0.910. The van der Waals surface area contributed by atoms with Crippen molar-refractivity contribution < 1.29 is 24.2 Å². The number of rotatable bonds is 6. The summed E-state index contributed by atoms with van der Waals surface area (Å²) in [5.41, 5.74) is 2.42. The fourth-order valence-corrected chi connectivity index (χ4v) is 4.77. The first kappa shape index (κ1) is 27.1. The Labute approximate surface area is 229 Å². The lowest BCUT2D eigenvalue weighted by Crippen LogP contribution is -2.47. The van der Waals surface area contributed by atoms with Crippen molar-refractivity contribution >= 4 is 83.0 Å². The first-order valence-electron chi connectivity index (χ1n) is 9.60. The van der Waals surface area contributed by atoms with Crippen LogP contribution in [0.25, 0.3) is 5.82 Å². The second-order valence-electron chi connectivity index (χ2n) is 6.62. The quantitative estimate of drug-likeness (QED) is 0.330. The summed E-state index contributed by atoms with van der Waals surface area (Å²) >= 11 is 16.2. The van der Waals surface area contributed by atoms with Gasteiger partial charge in [0, 0.05) is 21.2 Å². The third kappa shape index (κ3) is 6.38. The molecule has 0 aliphatic heterocycles. The van der Waals surface area contributed by atoms with Crippen LogP contribution in [-0.2, 0) is 4.74 Å². The van der Waals surface area contributed by atoms with Crippen LogP contribution in [0.1, 0.15) is 20.8 Å². The van der Waals surface area contributed by atoms with Gasteiger partial charge in [0.2, 0.25) is 0 Å². The minimum Gasteiger partial charge on any atom is -0.452 e. The Hall–Kier alpha value is -2.52. The van der Waals surface area contributed by atoms with E-state index in [1.807, 2.05) is 0 Å². The predicted octanol–water partition coefficient (Wildman–Crippen LogP) is 4.17.